The second-order valence-corrected chi connectivity index (χ2v) is 13.0. The van der Waals surface area contributed by atoms with Crippen LogP contribution in [-0.4, -0.2) is 8.07 Å². The predicted octanol–water partition coefficient (Wildman–Crippen LogP) is 7.38. The van der Waals surface area contributed by atoms with Crippen molar-refractivity contribution in [3.8, 4) is 11.1 Å². The largest absolute Gasteiger partial charge is 2.00 e. The Bertz CT molecular complexity index is 1000. The van der Waals surface area contributed by atoms with Crippen LogP contribution in [0.15, 0.2) is 72.8 Å². The van der Waals surface area contributed by atoms with E-state index in [0.717, 1.165) is 0 Å². The summed E-state index contributed by atoms with van der Waals surface area (Å²) in [5.74, 6) is 0. The molecule has 0 aliphatic heterocycles. The number of hydrogen-bond donors (Lipinski definition) is 0. The van der Waals surface area contributed by atoms with E-state index in [1.165, 1.54) is 38.2 Å². The fraction of sp³-hybridized carbons (Fsp3) is 0.167. The third kappa shape index (κ3) is 4.99. The van der Waals surface area contributed by atoms with Crippen LogP contribution in [0.3, 0.4) is 0 Å². The van der Waals surface area contributed by atoms with Gasteiger partial charge in [0.25, 0.3) is 0 Å². The molecule has 0 bridgehead atoms. The van der Waals surface area contributed by atoms with Crippen LogP contribution in [0, 0.1) is 13.5 Å². The zero-order valence-electron chi connectivity index (χ0n) is 16.0. The van der Waals surface area contributed by atoms with Gasteiger partial charge in [-0.05, 0) is 21.5 Å². The average Bonchev–Trinajstić information content (AvgIpc) is 2.99. The quantitative estimate of drug-likeness (QED) is 0.135. The number of hydrogen-bond acceptors (Lipinski definition) is 0. The molecule has 4 aromatic carbocycles. The monoisotopic (exact) mass is 537 g/mol. The van der Waals surface area contributed by atoms with E-state index in [2.05, 4.69) is 106 Å². The van der Waals surface area contributed by atoms with Crippen molar-refractivity contribution in [3.63, 3.8) is 0 Å². The molecular formula is C24H26PtSi. The van der Waals surface area contributed by atoms with E-state index in [4.69, 9.17) is 0 Å². The van der Waals surface area contributed by atoms with E-state index in [1.54, 1.807) is 0 Å². The fourth-order valence-corrected chi connectivity index (χ4v) is 3.02. The molecule has 0 amide bonds. The average molecular weight is 538 g/mol. The molecule has 2 heteroatoms. The Kier molecular flexibility index (Phi) is 6.72. The van der Waals surface area contributed by atoms with E-state index in [-0.39, 0.29) is 21.1 Å². The molecule has 0 fully saturated rings. The Morgan fingerprint density at radius 2 is 1.35 bits per heavy atom. The van der Waals surface area contributed by atoms with Gasteiger partial charge >= 0.3 is 21.1 Å². The van der Waals surface area contributed by atoms with Gasteiger partial charge in [-0.1, -0.05) is 86.7 Å². The first-order valence-electron chi connectivity index (χ1n) is 8.82. The number of aryl methyl sites for hydroxylation is 1. The van der Waals surface area contributed by atoms with Crippen molar-refractivity contribution in [1.29, 1.82) is 0 Å². The van der Waals surface area contributed by atoms with E-state index < -0.39 is 8.07 Å². The minimum atomic E-state index is -0.861. The molecule has 0 aliphatic carbocycles. The Morgan fingerprint density at radius 1 is 0.808 bits per heavy atom. The van der Waals surface area contributed by atoms with E-state index >= 15 is 0 Å². The van der Waals surface area contributed by atoms with Gasteiger partial charge < -0.3 is 6.55 Å². The molecule has 0 aliphatic rings. The normalized spacial score (nSPS) is 11.0. The van der Waals surface area contributed by atoms with Crippen LogP contribution in [-0.2, 0) is 21.1 Å². The summed E-state index contributed by atoms with van der Waals surface area (Å²) in [4.78, 5) is 0. The minimum Gasteiger partial charge on any atom is -0.342 e. The number of benzene rings is 3. The van der Waals surface area contributed by atoms with Crippen molar-refractivity contribution in [1.82, 2.24) is 0 Å². The molecule has 0 radical (unpaired) electrons. The Balaban J connectivity index is 0.000000362. The summed E-state index contributed by atoms with van der Waals surface area (Å²) in [6, 6.07) is 26.3. The predicted molar refractivity (Wildman–Crippen MR) is 116 cm³/mol. The third-order valence-electron chi connectivity index (χ3n) is 3.99. The zero-order chi connectivity index (χ0) is 18.0. The van der Waals surface area contributed by atoms with Gasteiger partial charge in [-0.25, -0.2) is 6.07 Å². The Labute approximate surface area is 172 Å². The molecule has 136 valence electrons. The zero-order valence-corrected chi connectivity index (χ0v) is 19.2. The summed E-state index contributed by atoms with van der Waals surface area (Å²) >= 11 is 0. The number of fused-ring (bicyclic) bond motifs is 3. The van der Waals surface area contributed by atoms with Crippen LogP contribution >= 0.6 is 0 Å². The summed E-state index contributed by atoms with van der Waals surface area (Å²) in [6.07, 6.45) is 0. The fourth-order valence-electron chi connectivity index (χ4n) is 3.02. The molecule has 0 atom stereocenters. The summed E-state index contributed by atoms with van der Waals surface area (Å²) in [5.41, 5.74) is 3.95. The molecule has 4 rings (SSSR count). The first-order chi connectivity index (χ1) is 11.8. The molecule has 0 aromatic heterocycles. The first-order valence-corrected chi connectivity index (χ1v) is 12.5. The van der Waals surface area contributed by atoms with E-state index in [9.17, 15) is 0 Å². The Hall–Kier alpha value is -1.56. The van der Waals surface area contributed by atoms with Gasteiger partial charge in [0.05, 0.1) is 0 Å². The van der Waals surface area contributed by atoms with Crippen LogP contribution in [0.1, 0.15) is 5.56 Å². The van der Waals surface area contributed by atoms with Gasteiger partial charge in [0, 0.05) is 0 Å². The van der Waals surface area contributed by atoms with Gasteiger partial charge in [-0.3, -0.25) is 0 Å². The molecule has 0 heterocycles. The maximum absolute atomic E-state index is 3.91. The van der Waals surface area contributed by atoms with Crippen LogP contribution < -0.4 is 0 Å². The van der Waals surface area contributed by atoms with E-state index in [0.29, 0.717) is 0 Å². The van der Waals surface area contributed by atoms with Gasteiger partial charge in [0.15, 0.2) is 0 Å². The van der Waals surface area contributed by atoms with Crippen molar-refractivity contribution in [2.45, 2.75) is 26.6 Å². The maximum atomic E-state index is 3.91. The van der Waals surface area contributed by atoms with Gasteiger partial charge in [-0.2, -0.15) is 23.3 Å². The van der Waals surface area contributed by atoms with Crippen molar-refractivity contribution < 1.29 is 21.1 Å². The summed E-state index contributed by atoms with van der Waals surface area (Å²) < 4.78 is 0. The van der Waals surface area contributed by atoms with Crippen molar-refractivity contribution in [2.75, 3.05) is 0 Å². The smallest absolute Gasteiger partial charge is 0.342 e. The Morgan fingerprint density at radius 3 is 1.92 bits per heavy atom. The first kappa shape index (κ1) is 20.7. The minimum absolute atomic E-state index is 0. The third-order valence-corrected chi connectivity index (χ3v) is 3.99. The second kappa shape index (κ2) is 8.42. The van der Waals surface area contributed by atoms with Crippen LogP contribution in [0.25, 0.3) is 32.7 Å². The SMILES string of the molecule is C[c-]1ccc(-c2cc3ccccc3c3ccccc23)c1.[CH2-][Si](C)(C)C.[Pt+2]. The van der Waals surface area contributed by atoms with Crippen LogP contribution in [0.4, 0.5) is 0 Å². The standard InChI is InChI=1S/C20H15.C4H11Si.Pt/c1-14-10-11-16(12-14)20-13-15-6-2-3-7-17(15)18-8-4-5-9-19(18)20;1-5(2,3)4;/h2-13H,1H3;1H2,2-4H3;/q2*-1;+2. The van der Waals surface area contributed by atoms with Crippen LogP contribution in [0.2, 0.25) is 19.6 Å². The van der Waals surface area contributed by atoms with Crippen molar-refractivity contribution >= 4 is 29.6 Å². The molecule has 4 aromatic rings. The molecule has 0 N–H and O–H groups in total. The van der Waals surface area contributed by atoms with Crippen LogP contribution in [0.5, 0.6) is 0 Å². The summed E-state index contributed by atoms with van der Waals surface area (Å²) in [7, 11) is -0.861. The van der Waals surface area contributed by atoms with E-state index in [1.807, 2.05) is 0 Å². The van der Waals surface area contributed by atoms with Gasteiger partial charge in [0.1, 0.15) is 0 Å². The molecule has 0 saturated carbocycles. The maximum Gasteiger partial charge on any atom is 2.00 e. The molecule has 0 nitrogen and oxygen atoms in total. The molecule has 26 heavy (non-hydrogen) atoms. The molecule has 0 unspecified atom stereocenters. The summed E-state index contributed by atoms with van der Waals surface area (Å²) in [5, 5.41) is 5.30. The molecule has 0 spiro atoms. The molecule has 0 saturated heterocycles. The van der Waals surface area contributed by atoms with Gasteiger partial charge in [0.2, 0.25) is 0 Å². The second-order valence-electron chi connectivity index (χ2n) is 7.93. The van der Waals surface area contributed by atoms with Gasteiger partial charge in [-0.15, -0.1) is 8.07 Å². The topological polar surface area (TPSA) is 0 Å². The van der Waals surface area contributed by atoms with Crippen molar-refractivity contribution in [2.24, 2.45) is 0 Å². The molecular weight excluding hydrogens is 511 g/mol. The number of rotatable bonds is 1. The van der Waals surface area contributed by atoms with Crippen molar-refractivity contribution in [3.05, 3.63) is 84.9 Å². The summed E-state index contributed by atoms with van der Waals surface area (Å²) in [6.45, 7) is 12.7.